The van der Waals surface area contributed by atoms with Crippen molar-refractivity contribution in [2.75, 3.05) is 38.4 Å². The van der Waals surface area contributed by atoms with Gasteiger partial charge < -0.3 is 14.8 Å². The van der Waals surface area contributed by atoms with Gasteiger partial charge in [-0.15, -0.1) is 0 Å². The summed E-state index contributed by atoms with van der Waals surface area (Å²) >= 11 is 0. The average Bonchev–Trinajstić information content (AvgIpc) is 2.66. The van der Waals surface area contributed by atoms with Gasteiger partial charge in [-0.2, -0.15) is 0 Å². The normalized spacial score (nSPS) is 11.7. The zero-order valence-corrected chi connectivity index (χ0v) is 16.9. The molecule has 0 amide bonds. The molecule has 0 aliphatic carbocycles. The molecule has 3 N–H and O–H groups in total. The Hall–Kier alpha value is -2.50. The predicted octanol–water partition coefficient (Wildman–Crippen LogP) is 1.45. The van der Waals surface area contributed by atoms with Gasteiger partial charge in [0.25, 0.3) is 10.0 Å². The fraction of sp³-hybridized carbons (Fsp3) is 0.250. The molecule has 2 rings (SSSR count). The molecule has 0 heterocycles. The first kappa shape index (κ1) is 20.8. The second kappa shape index (κ2) is 8.03. The molecule has 0 aliphatic heterocycles. The Morgan fingerprint density at radius 3 is 1.89 bits per heavy atom. The van der Waals surface area contributed by atoms with Gasteiger partial charge in [-0.1, -0.05) is 0 Å². The molecule has 0 atom stereocenters. The third-order valence-corrected chi connectivity index (χ3v) is 6.52. The summed E-state index contributed by atoms with van der Waals surface area (Å²) in [7, 11) is -2.04. The minimum absolute atomic E-state index is 0.0657. The summed E-state index contributed by atoms with van der Waals surface area (Å²) in [5, 5.41) is 2.82. The van der Waals surface area contributed by atoms with Crippen molar-refractivity contribution in [1.82, 2.24) is 4.72 Å². The number of sulfonamides is 2. The van der Waals surface area contributed by atoms with Crippen LogP contribution in [-0.2, 0) is 20.0 Å². The van der Waals surface area contributed by atoms with Crippen LogP contribution in [0.5, 0.6) is 11.5 Å². The maximum Gasteiger partial charge on any atom is 0.262 e. The summed E-state index contributed by atoms with van der Waals surface area (Å²) in [6.07, 6.45) is 0. The largest absolute Gasteiger partial charge is 0.493 e. The third kappa shape index (κ3) is 4.43. The topological polar surface area (TPSA) is 123 Å². The molecule has 27 heavy (non-hydrogen) atoms. The molecule has 0 spiro atoms. The fourth-order valence-electron chi connectivity index (χ4n) is 2.30. The molecule has 0 aromatic heterocycles. The summed E-state index contributed by atoms with van der Waals surface area (Å²) in [4.78, 5) is -0.141. The summed E-state index contributed by atoms with van der Waals surface area (Å²) in [6, 6.07) is 8.21. The summed E-state index contributed by atoms with van der Waals surface area (Å²) < 4.78 is 64.4. The smallest absolute Gasteiger partial charge is 0.262 e. The van der Waals surface area contributed by atoms with Crippen LogP contribution in [0.1, 0.15) is 0 Å². The number of hydrogen-bond donors (Lipinski definition) is 3. The van der Waals surface area contributed by atoms with Crippen molar-refractivity contribution in [2.45, 2.75) is 9.79 Å². The number of hydrogen-bond acceptors (Lipinski definition) is 7. The predicted molar refractivity (Wildman–Crippen MR) is 103 cm³/mol. The lowest BCUT2D eigenvalue weighted by Gasteiger charge is -2.15. The molecule has 2 aromatic rings. The van der Waals surface area contributed by atoms with Gasteiger partial charge in [0.1, 0.15) is 0 Å². The zero-order chi connectivity index (χ0) is 20.2. The highest BCUT2D eigenvalue weighted by Gasteiger charge is 2.20. The van der Waals surface area contributed by atoms with Gasteiger partial charge in [0.2, 0.25) is 10.0 Å². The maximum absolute atomic E-state index is 12.8. The Morgan fingerprint density at radius 1 is 0.741 bits per heavy atom. The maximum atomic E-state index is 12.8. The molecule has 0 saturated heterocycles. The second-order valence-electron chi connectivity index (χ2n) is 5.29. The highest BCUT2D eigenvalue weighted by Crippen LogP contribution is 2.32. The van der Waals surface area contributed by atoms with Crippen molar-refractivity contribution >= 4 is 31.4 Å². The molecule has 11 heteroatoms. The van der Waals surface area contributed by atoms with Gasteiger partial charge in [0.15, 0.2) is 11.5 Å². The van der Waals surface area contributed by atoms with Crippen LogP contribution in [-0.4, -0.2) is 45.2 Å². The molecule has 9 nitrogen and oxygen atoms in total. The van der Waals surface area contributed by atoms with Gasteiger partial charge in [-0.3, -0.25) is 4.72 Å². The van der Waals surface area contributed by atoms with Crippen LogP contribution in [0, 0.1) is 0 Å². The Kier molecular flexibility index (Phi) is 6.19. The zero-order valence-electron chi connectivity index (χ0n) is 15.2. The lowest BCUT2D eigenvalue weighted by atomic mass is 10.3. The van der Waals surface area contributed by atoms with Crippen LogP contribution in [0.3, 0.4) is 0 Å². The summed E-state index contributed by atoms with van der Waals surface area (Å²) in [5.74, 6) is 0.634. The fourth-order valence-corrected chi connectivity index (χ4v) is 4.14. The van der Waals surface area contributed by atoms with Crippen molar-refractivity contribution < 1.29 is 26.3 Å². The van der Waals surface area contributed by atoms with Crippen LogP contribution in [0.2, 0.25) is 0 Å². The van der Waals surface area contributed by atoms with Crippen molar-refractivity contribution in [1.29, 1.82) is 0 Å². The first-order valence-corrected chi connectivity index (χ1v) is 10.7. The van der Waals surface area contributed by atoms with Crippen LogP contribution >= 0.6 is 0 Å². The van der Waals surface area contributed by atoms with Crippen molar-refractivity contribution in [3.63, 3.8) is 0 Å². The Labute approximate surface area is 158 Å². The van der Waals surface area contributed by atoms with Gasteiger partial charge in [0.05, 0.1) is 35.4 Å². The lowest BCUT2D eigenvalue weighted by Crippen LogP contribution is -2.19. The van der Waals surface area contributed by atoms with Crippen molar-refractivity contribution in [2.24, 2.45) is 0 Å². The van der Waals surface area contributed by atoms with E-state index in [-0.39, 0.29) is 21.2 Å². The Balaban J connectivity index is 2.50. The van der Waals surface area contributed by atoms with E-state index in [9.17, 15) is 16.8 Å². The van der Waals surface area contributed by atoms with E-state index in [0.717, 1.165) is 0 Å². The number of rotatable bonds is 8. The van der Waals surface area contributed by atoms with Gasteiger partial charge >= 0.3 is 0 Å². The standard InChI is InChI=1S/C16H21N3O6S2/c1-17-13-7-5-11(26(20,21)18-2)9-14(13)19-27(22,23)12-6-8-15(24-3)16(10-12)25-4/h5-10,17-19H,1-4H3. The van der Waals surface area contributed by atoms with E-state index in [1.807, 2.05) is 0 Å². The van der Waals surface area contributed by atoms with E-state index in [2.05, 4.69) is 14.8 Å². The summed E-state index contributed by atoms with van der Waals surface area (Å²) in [6.45, 7) is 0. The minimum Gasteiger partial charge on any atom is -0.493 e. The van der Waals surface area contributed by atoms with E-state index in [1.54, 1.807) is 7.05 Å². The van der Waals surface area contributed by atoms with E-state index in [0.29, 0.717) is 11.4 Å². The minimum atomic E-state index is -4.01. The molecular formula is C16H21N3O6S2. The van der Waals surface area contributed by atoms with E-state index >= 15 is 0 Å². The Bertz CT molecular complexity index is 1040. The molecule has 0 unspecified atom stereocenters. The second-order valence-corrected chi connectivity index (χ2v) is 8.86. The van der Waals surface area contributed by atoms with Crippen molar-refractivity contribution in [3.05, 3.63) is 36.4 Å². The first-order valence-electron chi connectivity index (χ1n) is 7.68. The van der Waals surface area contributed by atoms with Gasteiger partial charge in [0, 0.05) is 13.1 Å². The highest BCUT2D eigenvalue weighted by atomic mass is 32.2. The monoisotopic (exact) mass is 415 g/mol. The number of ether oxygens (including phenoxy) is 2. The number of methoxy groups -OCH3 is 2. The quantitative estimate of drug-likeness (QED) is 0.596. The average molecular weight is 415 g/mol. The van der Waals surface area contributed by atoms with Crippen molar-refractivity contribution in [3.8, 4) is 11.5 Å². The molecule has 2 aromatic carbocycles. The number of nitrogens with one attached hydrogen (secondary N) is 3. The van der Waals surface area contributed by atoms with Crippen LogP contribution < -0.4 is 24.2 Å². The molecule has 0 bridgehead atoms. The van der Waals surface area contributed by atoms with Gasteiger partial charge in [-0.05, 0) is 37.4 Å². The molecule has 148 valence electrons. The first-order chi connectivity index (χ1) is 12.7. The van der Waals surface area contributed by atoms with E-state index < -0.39 is 20.0 Å². The molecule has 0 aliphatic rings. The van der Waals surface area contributed by atoms with E-state index in [4.69, 9.17) is 9.47 Å². The highest BCUT2D eigenvalue weighted by molar-refractivity contribution is 7.92. The molecule has 0 fully saturated rings. The summed E-state index contributed by atoms with van der Waals surface area (Å²) in [5.41, 5.74) is 0.498. The third-order valence-electron chi connectivity index (χ3n) is 3.75. The number of benzene rings is 2. The van der Waals surface area contributed by atoms with Gasteiger partial charge in [-0.25, -0.2) is 21.6 Å². The van der Waals surface area contributed by atoms with Crippen LogP contribution in [0.15, 0.2) is 46.2 Å². The Morgan fingerprint density at radius 2 is 1.33 bits per heavy atom. The van der Waals surface area contributed by atoms with E-state index in [1.165, 1.54) is 57.7 Å². The van der Waals surface area contributed by atoms with Crippen LogP contribution in [0.25, 0.3) is 0 Å². The molecule has 0 radical (unpaired) electrons. The molecular weight excluding hydrogens is 394 g/mol. The van der Waals surface area contributed by atoms with Crippen LogP contribution in [0.4, 0.5) is 11.4 Å². The lowest BCUT2D eigenvalue weighted by molar-refractivity contribution is 0.354. The SMILES string of the molecule is CNc1ccc(S(=O)(=O)NC)cc1NS(=O)(=O)c1ccc(OC)c(OC)c1. The number of anilines is 2. The molecule has 0 saturated carbocycles.